The number of aromatic amines is 1. The van der Waals surface area contributed by atoms with Crippen molar-refractivity contribution in [2.45, 2.75) is 56.0 Å². The van der Waals surface area contributed by atoms with Gasteiger partial charge in [0.25, 0.3) is 5.91 Å². The Morgan fingerprint density at radius 2 is 1.58 bits per heavy atom. The van der Waals surface area contributed by atoms with E-state index < -0.39 is 48.8 Å². The van der Waals surface area contributed by atoms with Crippen LogP contribution in [0, 0.1) is 0 Å². The van der Waals surface area contributed by atoms with Crippen LogP contribution in [0.25, 0.3) is 10.9 Å². The van der Waals surface area contributed by atoms with Crippen molar-refractivity contribution in [2.75, 3.05) is 13.1 Å². The Morgan fingerprint density at radius 3 is 2.18 bits per heavy atom. The molecule has 0 spiro atoms. The van der Waals surface area contributed by atoms with E-state index in [2.05, 4.69) is 15.6 Å². The molecular weight excluding hydrogens is 671 g/mol. The topological polar surface area (TPSA) is 172 Å². The Kier molecular flexibility index (Phi) is 9.62. The lowest BCUT2D eigenvalue weighted by Gasteiger charge is -2.38. The van der Waals surface area contributed by atoms with Gasteiger partial charge in [0, 0.05) is 42.5 Å². The average Bonchev–Trinajstić information content (AvgIpc) is 3.72. The highest BCUT2D eigenvalue weighted by Gasteiger charge is 2.50. The van der Waals surface area contributed by atoms with Crippen LogP contribution in [0.5, 0.6) is 0 Å². The van der Waals surface area contributed by atoms with E-state index in [0.29, 0.717) is 25.8 Å². The van der Waals surface area contributed by atoms with Gasteiger partial charge in [0.1, 0.15) is 17.8 Å². The van der Waals surface area contributed by atoms with Crippen LogP contribution < -0.4 is 10.6 Å². The minimum Gasteiger partial charge on any atom is -0.351 e. The van der Waals surface area contributed by atoms with Gasteiger partial charge in [0.2, 0.25) is 17.7 Å². The van der Waals surface area contributed by atoms with Crippen LogP contribution in [-0.2, 0) is 24.6 Å². The number of carbonyl (C=O) groups excluding carboxylic acids is 4. The van der Waals surface area contributed by atoms with Crippen molar-refractivity contribution >= 4 is 42.1 Å². The summed E-state index contributed by atoms with van der Waals surface area (Å²) in [5, 5.41) is 5.89. The number of rotatable bonds is 8. The lowest BCUT2D eigenvalue weighted by atomic mass is 9.98. The number of alkyl halides is 2. The predicted molar refractivity (Wildman–Crippen MR) is 179 cm³/mol. The zero-order valence-electron chi connectivity index (χ0n) is 27.0. The molecule has 3 aromatic carbocycles. The fraction of sp³-hybridized carbons (Fsp3) is 0.314. The highest BCUT2D eigenvalue weighted by atomic mass is 31.2. The van der Waals surface area contributed by atoms with Crippen LogP contribution in [-0.4, -0.2) is 79.4 Å². The zero-order chi connectivity index (χ0) is 35.8. The summed E-state index contributed by atoms with van der Waals surface area (Å²) in [6, 6.07) is 20.1. The first kappa shape index (κ1) is 34.9. The molecule has 0 unspecified atom stereocenters. The van der Waals surface area contributed by atoms with Crippen LogP contribution in [0.2, 0.25) is 0 Å². The Balaban J connectivity index is 1.26. The summed E-state index contributed by atoms with van der Waals surface area (Å²) in [7, 11) is -5.82. The molecule has 4 aromatic rings. The van der Waals surface area contributed by atoms with Gasteiger partial charge in [-0.15, -0.1) is 0 Å². The van der Waals surface area contributed by atoms with Gasteiger partial charge < -0.3 is 35.2 Å². The number of amides is 4. The number of fused-ring (bicyclic) bond motifs is 2. The van der Waals surface area contributed by atoms with Gasteiger partial charge in [-0.05, 0) is 48.6 Å². The lowest BCUT2D eigenvalue weighted by molar-refractivity contribution is -0.145. The summed E-state index contributed by atoms with van der Waals surface area (Å²) in [4.78, 5) is 78.4. The first-order valence-electron chi connectivity index (χ1n) is 16.1. The van der Waals surface area contributed by atoms with Crippen molar-refractivity contribution in [2.24, 2.45) is 0 Å². The standard InChI is InChI=1S/C35H36F2N5O7P/c1-21(43)41-17-16-26-13-15-30(33(45)40-31(22-8-4-2-5-9-22)23-10-6-3-7-11-23)42(26)34(46)29(20-41)39-32(44)28-19-24-18-25(12-14-27(24)38-28)35(36,37)50(47,48)49/h2-12,14,18-19,26,29-31,38H,13,15-17,20H2,1H3,(H,39,44)(H,40,45)(H2,47,48,49)/t26-,29+,30+/m1/s1. The Hall–Kier alpha value is -4.91. The predicted octanol–water partition coefficient (Wildman–Crippen LogP) is 4.01. The van der Waals surface area contributed by atoms with Gasteiger partial charge in [0.15, 0.2) is 0 Å². The summed E-state index contributed by atoms with van der Waals surface area (Å²) in [5.74, 6) is -1.97. The molecule has 50 heavy (non-hydrogen) atoms. The summed E-state index contributed by atoms with van der Waals surface area (Å²) in [6.45, 7) is 1.50. The number of hydrogen-bond acceptors (Lipinski definition) is 5. The minimum absolute atomic E-state index is 0.0814. The lowest BCUT2D eigenvalue weighted by Crippen LogP contribution is -2.61. The van der Waals surface area contributed by atoms with E-state index in [9.17, 15) is 32.5 Å². The van der Waals surface area contributed by atoms with E-state index in [1.165, 1.54) is 28.9 Å². The fourth-order valence-corrected chi connectivity index (χ4v) is 7.24. The average molecular weight is 708 g/mol. The summed E-state index contributed by atoms with van der Waals surface area (Å²) < 4.78 is 40.1. The van der Waals surface area contributed by atoms with E-state index in [0.717, 1.165) is 23.3 Å². The molecule has 2 saturated heterocycles. The van der Waals surface area contributed by atoms with E-state index in [4.69, 9.17) is 9.79 Å². The van der Waals surface area contributed by atoms with E-state index in [1.54, 1.807) is 0 Å². The maximum atomic E-state index is 14.4. The molecular formula is C35H36F2N5O7P. The van der Waals surface area contributed by atoms with Crippen molar-refractivity contribution in [3.8, 4) is 0 Å². The zero-order valence-corrected chi connectivity index (χ0v) is 27.9. The molecule has 12 nitrogen and oxygen atoms in total. The maximum absolute atomic E-state index is 14.4. The fourth-order valence-electron chi connectivity index (χ4n) is 6.76. The molecule has 1 aromatic heterocycles. The summed E-state index contributed by atoms with van der Waals surface area (Å²) >= 11 is 0. The second-order valence-corrected chi connectivity index (χ2v) is 14.3. The van der Waals surface area contributed by atoms with Crippen LogP contribution in [0.15, 0.2) is 84.9 Å². The van der Waals surface area contributed by atoms with E-state index in [-0.39, 0.29) is 41.0 Å². The number of hydrogen-bond donors (Lipinski definition) is 5. The molecule has 2 aliphatic heterocycles. The SMILES string of the molecule is CC(=O)N1CC[C@H]2CC[C@@H](C(=O)NC(c3ccccc3)c3ccccc3)N2C(=O)[C@@H](NC(=O)c2cc3cc(C(F)(F)P(=O)(O)O)ccc3[nH]2)C1. The Morgan fingerprint density at radius 1 is 0.940 bits per heavy atom. The van der Waals surface area contributed by atoms with Crippen molar-refractivity contribution in [3.63, 3.8) is 0 Å². The molecule has 6 rings (SSSR count). The molecule has 2 fully saturated rings. The molecule has 0 aliphatic carbocycles. The van der Waals surface area contributed by atoms with Crippen molar-refractivity contribution < 1.29 is 42.3 Å². The number of H-pyrrole nitrogens is 1. The number of benzene rings is 3. The van der Waals surface area contributed by atoms with Gasteiger partial charge in [-0.2, -0.15) is 8.78 Å². The molecule has 0 saturated carbocycles. The van der Waals surface area contributed by atoms with Gasteiger partial charge >= 0.3 is 13.3 Å². The molecule has 0 radical (unpaired) electrons. The van der Waals surface area contributed by atoms with Gasteiger partial charge in [0.05, 0.1) is 6.04 Å². The molecule has 2 aliphatic rings. The smallest absolute Gasteiger partial charge is 0.351 e. The second-order valence-electron chi connectivity index (χ2n) is 12.6. The first-order chi connectivity index (χ1) is 23.7. The highest BCUT2D eigenvalue weighted by Crippen LogP contribution is 2.59. The number of nitrogens with zero attached hydrogens (tertiary/aromatic N) is 2. The molecule has 262 valence electrons. The first-order valence-corrected chi connectivity index (χ1v) is 17.7. The van der Waals surface area contributed by atoms with Gasteiger partial charge in [-0.25, -0.2) is 0 Å². The quantitative estimate of drug-likeness (QED) is 0.172. The molecule has 3 heterocycles. The van der Waals surface area contributed by atoms with Crippen LogP contribution >= 0.6 is 7.60 Å². The third-order valence-electron chi connectivity index (χ3n) is 9.37. The molecule has 0 bridgehead atoms. The van der Waals surface area contributed by atoms with Crippen LogP contribution in [0.4, 0.5) is 8.78 Å². The van der Waals surface area contributed by atoms with E-state index >= 15 is 0 Å². The molecule has 4 amide bonds. The normalized spacial score (nSPS) is 20.0. The third kappa shape index (κ3) is 6.91. The van der Waals surface area contributed by atoms with Gasteiger partial charge in [-0.1, -0.05) is 66.7 Å². The number of nitrogens with one attached hydrogen (secondary N) is 3. The largest absolute Gasteiger partial charge is 0.399 e. The molecule has 15 heteroatoms. The van der Waals surface area contributed by atoms with Crippen molar-refractivity contribution in [1.29, 1.82) is 0 Å². The van der Waals surface area contributed by atoms with Crippen molar-refractivity contribution in [1.82, 2.24) is 25.4 Å². The summed E-state index contributed by atoms with van der Waals surface area (Å²) in [6.07, 6.45) is 1.34. The van der Waals surface area contributed by atoms with Gasteiger partial charge in [-0.3, -0.25) is 23.7 Å². The molecule has 5 N–H and O–H groups in total. The number of halogens is 2. The monoisotopic (exact) mass is 707 g/mol. The number of aromatic nitrogens is 1. The Labute approximate surface area is 286 Å². The molecule has 3 atom stereocenters. The third-order valence-corrected chi connectivity index (χ3v) is 10.4. The maximum Gasteiger partial charge on any atom is 0.399 e. The van der Waals surface area contributed by atoms with Crippen molar-refractivity contribution in [3.05, 3.63) is 107 Å². The van der Waals surface area contributed by atoms with Crippen LogP contribution in [0.3, 0.4) is 0 Å². The summed E-state index contributed by atoms with van der Waals surface area (Å²) in [5.41, 5.74) is -3.53. The van der Waals surface area contributed by atoms with E-state index in [1.807, 2.05) is 60.7 Å². The number of carbonyl (C=O) groups is 4. The minimum atomic E-state index is -5.82. The second kappa shape index (κ2) is 13.8. The highest BCUT2D eigenvalue weighted by molar-refractivity contribution is 7.52. The Bertz CT molecular complexity index is 1930. The van der Waals surface area contributed by atoms with Crippen LogP contribution in [0.1, 0.15) is 59.4 Å².